The van der Waals surface area contributed by atoms with Crippen molar-refractivity contribution in [1.82, 2.24) is 29.8 Å². The number of amides is 2. The molecule has 2 aliphatic rings. The molecule has 0 saturated carbocycles. The first kappa shape index (κ1) is 17.0. The van der Waals surface area contributed by atoms with Crippen molar-refractivity contribution >= 4 is 22.7 Å². The number of carbonyl (C=O) groups is 2. The fraction of sp³-hybridized carbons (Fsp3) is 0.400. The molecule has 28 heavy (non-hydrogen) atoms. The number of H-pyrrole nitrogens is 1. The number of aromatic nitrogens is 4. The predicted molar refractivity (Wildman–Crippen MR) is 102 cm³/mol. The van der Waals surface area contributed by atoms with Crippen molar-refractivity contribution < 1.29 is 9.59 Å². The van der Waals surface area contributed by atoms with E-state index in [0.29, 0.717) is 32.5 Å². The lowest BCUT2D eigenvalue weighted by Gasteiger charge is -2.38. The second-order valence-electron chi connectivity index (χ2n) is 7.60. The van der Waals surface area contributed by atoms with Gasteiger partial charge in [-0.05, 0) is 18.1 Å². The van der Waals surface area contributed by atoms with Gasteiger partial charge in [-0.2, -0.15) is 0 Å². The van der Waals surface area contributed by atoms with Gasteiger partial charge in [-0.3, -0.25) is 9.59 Å². The number of hydrogen-bond acceptors (Lipinski definition) is 4. The molecule has 1 N–H and O–H groups in total. The third-order valence-corrected chi connectivity index (χ3v) is 5.69. The van der Waals surface area contributed by atoms with Crippen LogP contribution in [0.15, 0.2) is 36.7 Å². The van der Waals surface area contributed by atoms with Gasteiger partial charge < -0.3 is 14.8 Å². The number of nitrogens with one attached hydrogen (secondary N) is 1. The summed E-state index contributed by atoms with van der Waals surface area (Å²) in [5.41, 5.74) is 2.89. The fourth-order valence-corrected chi connectivity index (χ4v) is 4.01. The van der Waals surface area contributed by atoms with E-state index in [-0.39, 0.29) is 17.9 Å². The Morgan fingerprint density at radius 1 is 1.25 bits per heavy atom. The van der Waals surface area contributed by atoms with Crippen LogP contribution < -0.4 is 0 Å². The van der Waals surface area contributed by atoms with Crippen LogP contribution in [0.25, 0.3) is 10.9 Å². The molecule has 0 bridgehead atoms. The van der Waals surface area contributed by atoms with Gasteiger partial charge in [0.05, 0.1) is 25.2 Å². The minimum atomic E-state index is 0.129. The summed E-state index contributed by atoms with van der Waals surface area (Å²) >= 11 is 0. The van der Waals surface area contributed by atoms with Crippen LogP contribution in [0.2, 0.25) is 0 Å². The zero-order valence-corrected chi connectivity index (χ0v) is 15.5. The first-order chi connectivity index (χ1) is 13.7. The largest absolute Gasteiger partial charge is 0.361 e. The van der Waals surface area contributed by atoms with Crippen molar-refractivity contribution in [3.63, 3.8) is 0 Å². The van der Waals surface area contributed by atoms with Crippen LogP contribution in [0.4, 0.5) is 0 Å². The van der Waals surface area contributed by atoms with Gasteiger partial charge in [-0.15, -0.1) is 5.10 Å². The van der Waals surface area contributed by atoms with Crippen LogP contribution in [0, 0.1) is 0 Å². The second-order valence-corrected chi connectivity index (χ2v) is 7.60. The summed E-state index contributed by atoms with van der Waals surface area (Å²) in [6.07, 6.45) is 5.77. The molecule has 0 atom stereocenters. The highest BCUT2D eigenvalue weighted by Crippen LogP contribution is 2.24. The lowest BCUT2D eigenvalue weighted by molar-refractivity contribution is -0.136. The number of carbonyl (C=O) groups excluding carboxylic acids is 2. The predicted octanol–water partition coefficient (Wildman–Crippen LogP) is 1.51. The Kier molecular flexibility index (Phi) is 4.11. The minimum Gasteiger partial charge on any atom is -0.361 e. The summed E-state index contributed by atoms with van der Waals surface area (Å²) in [5.74, 6) is 0.316. The number of para-hydroxylation sites is 1. The second kappa shape index (κ2) is 6.78. The number of aromatic amines is 1. The third-order valence-electron chi connectivity index (χ3n) is 5.69. The van der Waals surface area contributed by atoms with Gasteiger partial charge in [0.2, 0.25) is 11.8 Å². The molecular formula is C20H22N6O2. The molecule has 0 spiro atoms. The molecule has 2 aromatic heterocycles. The minimum absolute atomic E-state index is 0.129. The van der Waals surface area contributed by atoms with Crippen molar-refractivity contribution in [3.8, 4) is 0 Å². The Morgan fingerprint density at radius 2 is 2.11 bits per heavy atom. The zero-order chi connectivity index (χ0) is 19.1. The van der Waals surface area contributed by atoms with Gasteiger partial charge in [0.15, 0.2) is 0 Å². The maximum Gasteiger partial charge on any atom is 0.227 e. The van der Waals surface area contributed by atoms with Crippen LogP contribution in [0.1, 0.15) is 30.1 Å². The van der Waals surface area contributed by atoms with Crippen molar-refractivity contribution in [3.05, 3.63) is 47.9 Å². The molecule has 2 fully saturated rings. The van der Waals surface area contributed by atoms with Crippen LogP contribution in [-0.4, -0.2) is 61.2 Å². The maximum absolute atomic E-state index is 12.6. The van der Waals surface area contributed by atoms with E-state index in [2.05, 4.69) is 15.3 Å². The van der Waals surface area contributed by atoms with Crippen molar-refractivity contribution in [2.75, 3.05) is 19.6 Å². The Labute approximate surface area is 162 Å². The summed E-state index contributed by atoms with van der Waals surface area (Å²) in [6.45, 7) is 2.61. The van der Waals surface area contributed by atoms with Gasteiger partial charge in [0, 0.05) is 43.2 Å². The SMILES string of the molecule is O=C1CCCN1Cc1cn(C2CN(C(=O)Cc3c[nH]c4ccccc34)C2)nn1. The van der Waals surface area contributed by atoms with Gasteiger partial charge in [-0.1, -0.05) is 23.4 Å². The van der Waals surface area contributed by atoms with Gasteiger partial charge in [-0.25, -0.2) is 4.68 Å². The molecule has 0 unspecified atom stereocenters. The first-order valence-electron chi connectivity index (χ1n) is 9.68. The molecule has 2 saturated heterocycles. The van der Waals surface area contributed by atoms with Gasteiger partial charge in [0.1, 0.15) is 5.69 Å². The fourth-order valence-electron chi connectivity index (χ4n) is 4.01. The topological polar surface area (TPSA) is 87.1 Å². The van der Waals surface area contributed by atoms with Crippen LogP contribution >= 0.6 is 0 Å². The summed E-state index contributed by atoms with van der Waals surface area (Å²) < 4.78 is 1.82. The first-order valence-corrected chi connectivity index (χ1v) is 9.68. The average molecular weight is 378 g/mol. The maximum atomic E-state index is 12.6. The molecular weight excluding hydrogens is 356 g/mol. The molecule has 2 amide bonds. The van der Waals surface area contributed by atoms with Crippen molar-refractivity contribution in [2.45, 2.75) is 31.8 Å². The summed E-state index contributed by atoms with van der Waals surface area (Å²) in [5, 5.41) is 9.50. The molecule has 0 radical (unpaired) electrons. The van der Waals surface area contributed by atoms with Gasteiger partial charge >= 0.3 is 0 Å². The van der Waals surface area contributed by atoms with E-state index in [1.54, 1.807) is 0 Å². The Hall–Kier alpha value is -3.16. The van der Waals surface area contributed by atoms with E-state index in [4.69, 9.17) is 0 Å². The number of benzene rings is 1. The standard InChI is InChI=1S/C20H22N6O2/c27-19-6-3-7-24(19)10-15-11-26(23-22-15)16-12-25(13-16)20(28)8-14-9-21-18-5-2-1-4-17(14)18/h1-2,4-5,9,11,16,21H,3,6-8,10,12-13H2. The molecule has 3 aromatic rings. The molecule has 1 aromatic carbocycles. The lowest BCUT2D eigenvalue weighted by atomic mass is 10.1. The quantitative estimate of drug-likeness (QED) is 0.729. The van der Waals surface area contributed by atoms with E-state index in [1.165, 1.54) is 0 Å². The van der Waals surface area contributed by atoms with E-state index in [0.717, 1.165) is 35.1 Å². The van der Waals surface area contributed by atoms with E-state index >= 15 is 0 Å². The average Bonchev–Trinajstić information content (AvgIpc) is 3.37. The Morgan fingerprint density at radius 3 is 2.93 bits per heavy atom. The van der Waals surface area contributed by atoms with E-state index in [1.807, 2.05) is 51.1 Å². The van der Waals surface area contributed by atoms with Crippen molar-refractivity contribution in [2.24, 2.45) is 0 Å². The summed E-state index contributed by atoms with van der Waals surface area (Å²) in [7, 11) is 0. The van der Waals surface area contributed by atoms with E-state index in [9.17, 15) is 9.59 Å². The van der Waals surface area contributed by atoms with Gasteiger partial charge in [0.25, 0.3) is 0 Å². The molecule has 144 valence electrons. The highest BCUT2D eigenvalue weighted by Gasteiger charge is 2.33. The normalized spacial score (nSPS) is 17.5. The smallest absolute Gasteiger partial charge is 0.227 e. The van der Waals surface area contributed by atoms with Crippen molar-refractivity contribution in [1.29, 1.82) is 0 Å². The summed E-state index contributed by atoms with van der Waals surface area (Å²) in [6, 6.07) is 8.18. The Balaban J connectivity index is 1.17. The van der Waals surface area contributed by atoms with Crippen LogP contribution in [0.3, 0.4) is 0 Å². The number of rotatable bonds is 5. The van der Waals surface area contributed by atoms with Crippen LogP contribution in [-0.2, 0) is 22.6 Å². The third kappa shape index (κ3) is 3.04. The number of likely N-dealkylation sites (tertiary alicyclic amines) is 2. The Bertz CT molecular complexity index is 1030. The molecule has 8 heteroatoms. The molecule has 4 heterocycles. The molecule has 5 rings (SSSR count). The monoisotopic (exact) mass is 378 g/mol. The molecule has 2 aliphatic heterocycles. The number of hydrogen-bond donors (Lipinski definition) is 1. The zero-order valence-electron chi connectivity index (χ0n) is 15.5. The number of nitrogens with zero attached hydrogens (tertiary/aromatic N) is 5. The number of fused-ring (bicyclic) bond motifs is 1. The van der Waals surface area contributed by atoms with Crippen LogP contribution in [0.5, 0.6) is 0 Å². The lowest BCUT2D eigenvalue weighted by Crippen LogP contribution is -2.51. The molecule has 0 aliphatic carbocycles. The highest BCUT2D eigenvalue weighted by molar-refractivity contribution is 5.89. The van der Waals surface area contributed by atoms with E-state index < -0.39 is 0 Å². The summed E-state index contributed by atoms with van der Waals surface area (Å²) in [4.78, 5) is 31.3. The highest BCUT2D eigenvalue weighted by atomic mass is 16.2. The molecule has 8 nitrogen and oxygen atoms in total.